The lowest BCUT2D eigenvalue weighted by atomic mass is 10.00. The van der Waals surface area contributed by atoms with Crippen LogP contribution in [-0.4, -0.2) is 5.78 Å². The molecule has 0 spiro atoms. The van der Waals surface area contributed by atoms with Gasteiger partial charge in [-0.25, -0.2) is 0 Å². The fourth-order valence-corrected chi connectivity index (χ4v) is 1.99. The first-order valence-corrected chi connectivity index (χ1v) is 6.26. The zero-order chi connectivity index (χ0) is 12.4. The van der Waals surface area contributed by atoms with Gasteiger partial charge in [-0.1, -0.05) is 38.1 Å². The molecule has 0 aliphatic heterocycles. The number of furan rings is 1. The molecule has 0 radical (unpaired) electrons. The summed E-state index contributed by atoms with van der Waals surface area (Å²) in [6.07, 6.45) is 1.50. The molecule has 1 aromatic heterocycles. The molecule has 2 aromatic rings. The molecule has 0 saturated carbocycles. The fraction of sp³-hybridized carbons (Fsp3) is 0.214. The van der Waals surface area contributed by atoms with Crippen molar-refractivity contribution in [3.05, 3.63) is 58.0 Å². The summed E-state index contributed by atoms with van der Waals surface area (Å²) >= 11 is 3.29. The number of ketones is 1. The topological polar surface area (TPSA) is 30.2 Å². The lowest BCUT2D eigenvalue weighted by Gasteiger charge is -2.05. The predicted molar refractivity (Wildman–Crippen MR) is 70.4 cm³/mol. The number of carbonyl (C=O) groups excluding carboxylic acids is 1. The van der Waals surface area contributed by atoms with E-state index in [0.29, 0.717) is 21.7 Å². The molecule has 0 bridgehead atoms. The highest BCUT2D eigenvalue weighted by Gasteiger charge is 2.15. The molecule has 0 atom stereocenters. The highest BCUT2D eigenvalue weighted by atomic mass is 79.9. The third-order valence-electron chi connectivity index (χ3n) is 2.66. The summed E-state index contributed by atoms with van der Waals surface area (Å²) < 4.78 is 5.85. The monoisotopic (exact) mass is 292 g/mol. The molecule has 1 heterocycles. The summed E-state index contributed by atoms with van der Waals surface area (Å²) in [4.78, 5) is 12.1. The van der Waals surface area contributed by atoms with Crippen molar-refractivity contribution in [2.24, 2.45) is 0 Å². The Balaban J connectivity index is 2.29. The average Bonchev–Trinajstić information content (AvgIpc) is 2.74. The Hall–Kier alpha value is -1.35. The van der Waals surface area contributed by atoms with Crippen LogP contribution < -0.4 is 0 Å². The minimum Gasteiger partial charge on any atom is -0.460 e. The van der Waals surface area contributed by atoms with E-state index in [2.05, 4.69) is 29.8 Å². The Kier molecular flexibility index (Phi) is 3.48. The number of rotatable bonds is 3. The van der Waals surface area contributed by atoms with Gasteiger partial charge in [-0.05, 0) is 33.5 Å². The molecular formula is C14H13BrO2. The number of hydrogen-bond donors (Lipinski definition) is 0. The van der Waals surface area contributed by atoms with Crippen molar-refractivity contribution in [2.75, 3.05) is 0 Å². The lowest BCUT2D eigenvalue weighted by molar-refractivity contribution is 0.101. The summed E-state index contributed by atoms with van der Waals surface area (Å²) in [5.41, 5.74) is 1.87. The van der Waals surface area contributed by atoms with E-state index in [1.54, 1.807) is 6.07 Å². The van der Waals surface area contributed by atoms with Gasteiger partial charge in [0.2, 0.25) is 5.78 Å². The summed E-state index contributed by atoms with van der Waals surface area (Å²) in [5, 5.41) is 0. The van der Waals surface area contributed by atoms with Crippen molar-refractivity contribution in [1.82, 2.24) is 0 Å². The van der Waals surface area contributed by atoms with Gasteiger partial charge in [-0.2, -0.15) is 0 Å². The second-order valence-corrected chi connectivity index (χ2v) is 5.06. The summed E-state index contributed by atoms with van der Waals surface area (Å²) in [6.45, 7) is 4.25. The molecule has 0 aliphatic rings. The van der Waals surface area contributed by atoms with Gasteiger partial charge < -0.3 is 4.42 Å². The Labute approximate surface area is 109 Å². The van der Waals surface area contributed by atoms with Crippen LogP contribution in [0.4, 0.5) is 0 Å². The van der Waals surface area contributed by atoms with E-state index in [0.717, 1.165) is 0 Å². The average molecular weight is 293 g/mol. The van der Waals surface area contributed by atoms with Gasteiger partial charge in [-0.3, -0.25) is 4.79 Å². The molecule has 0 aliphatic carbocycles. The molecule has 0 N–H and O–H groups in total. The molecule has 88 valence electrons. The van der Waals surface area contributed by atoms with E-state index in [1.165, 1.54) is 11.8 Å². The molecule has 0 unspecified atom stereocenters. The standard InChI is InChI=1S/C14H13BrO2/c1-9(2)10-3-5-11(6-4-10)13(16)14-12(15)7-8-17-14/h3-9H,1-2H3. The number of hydrogen-bond acceptors (Lipinski definition) is 2. The Morgan fingerprint density at radius 2 is 1.82 bits per heavy atom. The molecule has 0 amide bonds. The third-order valence-corrected chi connectivity index (χ3v) is 3.29. The van der Waals surface area contributed by atoms with E-state index in [1.807, 2.05) is 24.3 Å². The smallest absolute Gasteiger partial charge is 0.229 e. The maximum atomic E-state index is 12.1. The molecule has 0 saturated heterocycles. The maximum absolute atomic E-state index is 12.1. The van der Waals surface area contributed by atoms with Crippen LogP contribution in [0.2, 0.25) is 0 Å². The third kappa shape index (κ3) is 2.50. The minimum atomic E-state index is -0.0998. The first-order chi connectivity index (χ1) is 8.09. The largest absolute Gasteiger partial charge is 0.460 e. The molecule has 3 heteroatoms. The first-order valence-electron chi connectivity index (χ1n) is 5.47. The van der Waals surface area contributed by atoms with Crippen molar-refractivity contribution in [2.45, 2.75) is 19.8 Å². The van der Waals surface area contributed by atoms with Crippen LogP contribution in [0.25, 0.3) is 0 Å². The molecule has 17 heavy (non-hydrogen) atoms. The number of halogens is 1. The Morgan fingerprint density at radius 3 is 2.29 bits per heavy atom. The van der Waals surface area contributed by atoms with Gasteiger partial charge in [-0.15, -0.1) is 0 Å². The first kappa shape index (κ1) is 12.1. The van der Waals surface area contributed by atoms with Gasteiger partial charge in [0.1, 0.15) is 0 Å². The van der Waals surface area contributed by atoms with Crippen LogP contribution in [-0.2, 0) is 0 Å². The van der Waals surface area contributed by atoms with Gasteiger partial charge in [0.15, 0.2) is 5.76 Å². The van der Waals surface area contributed by atoms with Crippen molar-refractivity contribution in [3.8, 4) is 0 Å². The van der Waals surface area contributed by atoms with E-state index < -0.39 is 0 Å². The van der Waals surface area contributed by atoms with Crippen molar-refractivity contribution in [1.29, 1.82) is 0 Å². The van der Waals surface area contributed by atoms with E-state index >= 15 is 0 Å². The predicted octanol–water partition coefficient (Wildman–Crippen LogP) is 4.40. The summed E-state index contributed by atoms with van der Waals surface area (Å²) in [6, 6.07) is 9.36. The van der Waals surface area contributed by atoms with E-state index in [9.17, 15) is 4.79 Å². The fourth-order valence-electron chi connectivity index (χ4n) is 1.61. The molecular weight excluding hydrogens is 280 g/mol. The molecule has 2 nitrogen and oxygen atoms in total. The molecule has 2 rings (SSSR count). The normalized spacial score (nSPS) is 10.8. The van der Waals surface area contributed by atoms with Crippen LogP contribution in [0, 0.1) is 0 Å². The highest BCUT2D eigenvalue weighted by molar-refractivity contribution is 9.10. The van der Waals surface area contributed by atoms with Crippen LogP contribution in [0.1, 0.15) is 41.4 Å². The zero-order valence-corrected chi connectivity index (χ0v) is 11.3. The zero-order valence-electron chi connectivity index (χ0n) is 9.74. The summed E-state index contributed by atoms with van der Waals surface area (Å²) in [5.74, 6) is 0.717. The SMILES string of the molecule is CC(C)c1ccc(C(=O)c2occc2Br)cc1. The minimum absolute atomic E-state index is 0.0998. The van der Waals surface area contributed by atoms with Gasteiger partial charge in [0.05, 0.1) is 10.7 Å². The molecule has 0 fully saturated rings. The van der Waals surface area contributed by atoms with Crippen LogP contribution >= 0.6 is 15.9 Å². The van der Waals surface area contributed by atoms with Crippen molar-refractivity contribution >= 4 is 21.7 Å². The van der Waals surface area contributed by atoms with Gasteiger partial charge >= 0.3 is 0 Å². The van der Waals surface area contributed by atoms with Crippen LogP contribution in [0.15, 0.2) is 45.5 Å². The summed E-state index contributed by atoms with van der Waals surface area (Å²) in [7, 11) is 0. The van der Waals surface area contributed by atoms with Crippen molar-refractivity contribution in [3.63, 3.8) is 0 Å². The molecule has 1 aromatic carbocycles. The van der Waals surface area contributed by atoms with Crippen molar-refractivity contribution < 1.29 is 9.21 Å². The maximum Gasteiger partial charge on any atom is 0.229 e. The quantitative estimate of drug-likeness (QED) is 0.785. The van der Waals surface area contributed by atoms with Crippen LogP contribution in [0.5, 0.6) is 0 Å². The lowest BCUT2D eigenvalue weighted by Crippen LogP contribution is -2.00. The number of benzene rings is 1. The Bertz CT molecular complexity index is 523. The second-order valence-electron chi connectivity index (χ2n) is 4.20. The Morgan fingerprint density at radius 1 is 1.18 bits per heavy atom. The van der Waals surface area contributed by atoms with Crippen LogP contribution in [0.3, 0.4) is 0 Å². The van der Waals surface area contributed by atoms with Gasteiger partial charge in [0, 0.05) is 5.56 Å². The van der Waals surface area contributed by atoms with E-state index in [4.69, 9.17) is 4.42 Å². The number of carbonyl (C=O) groups is 1. The second kappa shape index (κ2) is 4.88. The van der Waals surface area contributed by atoms with E-state index in [-0.39, 0.29) is 5.78 Å². The van der Waals surface area contributed by atoms with Gasteiger partial charge in [0.25, 0.3) is 0 Å². The highest BCUT2D eigenvalue weighted by Crippen LogP contribution is 2.22.